The van der Waals surface area contributed by atoms with Gasteiger partial charge in [0, 0.05) is 0 Å². The lowest BCUT2D eigenvalue weighted by Gasteiger charge is -2.31. The molecular weight excluding hydrogens is 226 g/mol. The van der Waals surface area contributed by atoms with Crippen molar-refractivity contribution in [2.24, 2.45) is 0 Å². The number of halogens is 6. The molecule has 0 aliphatic carbocycles. The van der Waals surface area contributed by atoms with Gasteiger partial charge in [0.2, 0.25) is 0 Å². The molecule has 1 N–H and O–H groups in total. The first kappa shape index (κ1) is 17.0. The standard InChI is InChI=1S/C6H8F6O.C2H6/c1-2-3-4(13,5(7,8)9)6(10,11)12;1-2/h13H,2-3H2,1H3;1-2H3. The second-order valence-electron chi connectivity index (χ2n) is 2.61. The van der Waals surface area contributed by atoms with Gasteiger partial charge in [-0.05, 0) is 6.42 Å². The van der Waals surface area contributed by atoms with Crippen LogP contribution in [0.4, 0.5) is 26.3 Å². The summed E-state index contributed by atoms with van der Waals surface area (Å²) in [4.78, 5) is 0. The normalized spacial score (nSPS) is 13.2. The van der Waals surface area contributed by atoms with Crippen molar-refractivity contribution >= 4 is 0 Å². The summed E-state index contributed by atoms with van der Waals surface area (Å²) in [7, 11) is 0. The molecule has 0 bridgehead atoms. The first-order chi connectivity index (χ1) is 6.56. The van der Waals surface area contributed by atoms with E-state index in [-0.39, 0.29) is 0 Å². The van der Waals surface area contributed by atoms with E-state index in [1.165, 1.54) is 0 Å². The Bertz CT molecular complexity index is 157. The Morgan fingerprint density at radius 2 is 1.13 bits per heavy atom. The zero-order valence-electron chi connectivity index (χ0n) is 8.63. The highest BCUT2D eigenvalue weighted by Gasteiger charge is 2.69. The van der Waals surface area contributed by atoms with Gasteiger partial charge in [-0.3, -0.25) is 0 Å². The van der Waals surface area contributed by atoms with Gasteiger partial charge in [-0.2, -0.15) is 26.3 Å². The van der Waals surface area contributed by atoms with E-state index in [4.69, 9.17) is 5.11 Å². The second-order valence-corrected chi connectivity index (χ2v) is 2.61. The van der Waals surface area contributed by atoms with Gasteiger partial charge >= 0.3 is 12.4 Å². The van der Waals surface area contributed by atoms with Crippen molar-refractivity contribution < 1.29 is 31.4 Å². The Hall–Kier alpha value is -0.460. The monoisotopic (exact) mass is 240 g/mol. The highest BCUT2D eigenvalue weighted by atomic mass is 19.4. The van der Waals surface area contributed by atoms with Gasteiger partial charge < -0.3 is 5.11 Å². The van der Waals surface area contributed by atoms with Crippen molar-refractivity contribution in [3.05, 3.63) is 0 Å². The van der Waals surface area contributed by atoms with Crippen LogP contribution in [-0.2, 0) is 0 Å². The van der Waals surface area contributed by atoms with Crippen molar-refractivity contribution in [3.8, 4) is 0 Å². The Labute approximate surface area is 84.1 Å². The summed E-state index contributed by atoms with van der Waals surface area (Å²) in [5, 5.41) is 8.43. The fraction of sp³-hybridized carbons (Fsp3) is 1.00. The van der Waals surface area contributed by atoms with Gasteiger partial charge in [-0.15, -0.1) is 0 Å². The first-order valence-electron chi connectivity index (χ1n) is 4.42. The van der Waals surface area contributed by atoms with Crippen molar-refractivity contribution in [1.29, 1.82) is 0 Å². The van der Waals surface area contributed by atoms with E-state index < -0.39 is 30.8 Å². The van der Waals surface area contributed by atoms with Crippen LogP contribution in [0.1, 0.15) is 33.6 Å². The van der Waals surface area contributed by atoms with Gasteiger partial charge in [-0.25, -0.2) is 0 Å². The molecule has 0 atom stereocenters. The van der Waals surface area contributed by atoms with Crippen molar-refractivity contribution in [2.45, 2.75) is 51.6 Å². The van der Waals surface area contributed by atoms with E-state index in [1.54, 1.807) is 0 Å². The van der Waals surface area contributed by atoms with Gasteiger partial charge in [-0.1, -0.05) is 27.2 Å². The molecule has 0 radical (unpaired) electrons. The maximum absolute atomic E-state index is 11.8. The maximum Gasteiger partial charge on any atom is 0.426 e. The molecule has 0 fully saturated rings. The summed E-state index contributed by atoms with van der Waals surface area (Å²) in [6, 6.07) is 0. The Morgan fingerprint density at radius 1 is 0.867 bits per heavy atom. The maximum atomic E-state index is 11.8. The highest BCUT2D eigenvalue weighted by Crippen LogP contribution is 2.45. The third kappa shape index (κ3) is 3.89. The van der Waals surface area contributed by atoms with E-state index in [9.17, 15) is 26.3 Å². The molecule has 15 heavy (non-hydrogen) atoms. The van der Waals surface area contributed by atoms with Crippen LogP contribution in [-0.4, -0.2) is 23.1 Å². The fourth-order valence-corrected chi connectivity index (χ4v) is 0.806. The summed E-state index contributed by atoms with van der Waals surface area (Å²) >= 11 is 0. The average Bonchev–Trinajstić information content (AvgIpc) is 2.04. The van der Waals surface area contributed by atoms with Crippen LogP contribution in [0.15, 0.2) is 0 Å². The first-order valence-corrected chi connectivity index (χ1v) is 4.42. The number of alkyl halides is 6. The molecule has 0 unspecified atom stereocenters. The molecule has 0 spiro atoms. The zero-order chi connectivity index (χ0) is 12.9. The molecule has 0 rings (SSSR count). The molecule has 0 amide bonds. The van der Waals surface area contributed by atoms with Crippen LogP contribution in [0.25, 0.3) is 0 Å². The van der Waals surface area contributed by atoms with Crippen molar-refractivity contribution in [2.75, 3.05) is 0 Å². The predicted molar refractivity (Wildman–Crippen MR) is 43.3 cm³/mol. The van der Waals surface area contributed by atoms with Gasteiger partial charge in [0.25, 0.3) is 5.60 Å². The average molecular weight is 240 g/mol. The summed E-state index contributed by atoms with van der Waals surface area (Å²) in [5.41, 5.74) is -4.57. The zero-order valence-corrected chi connectivity index (χ0v) is 8.63. The van der Waals surface area contributed by atoms with Crippen LogP contribution in [0, 0.1) is 0 Å². The van der Waals surface area contributed by atoms with Crippen molar-refractivity contribution in [3.63, 3.8) is 0 Å². The molecule has 0 aromatic heterocycles. The minimum atomic E-state index is -5.68. The Kier molecular flexibility index (Phi) is 6.30. The van der Waals surface area contributed by atoms with Crippen LogP contribution >= 0.6 is 0 Å². The topological polar surface area (TPSA) is 20.2 Å². The summed E-state index contributed by atoms with van der Waals surface area (Å²) < 4.78 is 70.9. The molecule has 1 nitrogen and oxygen atoms in total. The lowest BCUT2D eigenvalue weighted by molar-refractivity contribution is -0.369. The molecular formula is C8H14F6O. The van der Waals surface area contributed by atoms with Crippen LogP contribution < -0.4 is 0 Å². The lowest BCUT2D eigenvalue weighted by atomic mass is 9.97. The fourth-order valence-electron chi connectivity index (χ4n) is 0.806. The van der Waals surface area contributed by atoms with Gasteiger partial charge in [0.1, 0.15) is 0 Å². The summed E-state index contributed by atoms with van der Waals surface area (Å²) in [5.74, 6) is 0. The molecule has 0 aromatic carbocycles. The Balaban J connectivity index is 0. The number of hydrogen-bond acceptors (Lipinski definition) is 1. The summed E-state index contributed by atoms with van der Waals surface area (Å²) in [6.07, 6.45) is -13.1. The molecule has 0 aliphatic rings. The molecule has 0 saturated carbocycles. The third-order valence-electron chi connectivity index (χ3n) is 1.55. The largest absolute Gasteiger partial charge is 0.426 e. The predicted octanol–water partition coefficient (Wildman–Crippen LogP) is 3.67. The van der Waals surface area contributed by atoms with E-state index in [0.29, 0.717) is 0 Å². The van der Waals surface area contributed by atoms with Crippen LogP contribution in [0.2, 0.25) is 0 Å². The molecule has 0 aliphatic heterocycles. The number of rotatable bonds is 2. The number of hydrogen-bond donors (Lipinski definition) is 1. The molecule has 0 heterocycles. The molecule has 7 heteroatoms. The van der Waals surface area contributed by atoms with Gasteiger partial charge in [0.05, 0.1) is 0 Å². The second kappa shape index (κ2) is 5.58. The van der Waals surface area contributed by atoms with E-state index in [0.717, 1.165) is 6.92 Å². The van der Waals surface area contributed by atoms with E-state index >= 15 is 0 Å². The summed E-state index contributed by atoms with van der Waals surface area (Å²) in [6.45, 7) is 5.13. The van der Waals surface area contributed by atoms with E-state index in [2.05, 4.69) is 0 Å². The van der Waals surface area contributed by atoms with E-state index in [1.807, 2.05) is 13.8 Å². The smallest absolute Gasteiger partial charge is 0.374 e. The molecule has 0 aromatic rings. The Morgan fingerprint density at radius 3 is 1.20 bits per heavy atom. The highest BCUT2D eigenvalue weighted by molar-refractivity contribution is 4.93. The minimum absolute atomic E-state index is 0.407. The minimum Gasteiger partial charge on any atom is -0.374 e. The molecule has 94 valence electrons. The van der Waals surface area contributed by atoms with Crippen molar-refractivity contribution in [1.82, 2.24) is 0 Å². The number of aliphatic hydroxyl groups is 1. The molecule has 0 saturated heterocycles. The third-order valence-corrected chi connectivity index (χ3v) is 1.55. The lowest BCUT2D eigenvalue weighted by Crippen LogP contribution is -2.56. The van der Waals surface area contributed by atoms with Gasteiger partial charge in [0.15, 0.2) is 0 Å². The van der Waals surface area contributed by atoms with Crippen LogP contribution in [0.3, 0.4) is 0 Å². The SMILES string of the molecule is CC.CCCC(O)(C(F)(F)F)C(F)(F)F. The quantitative estimate of drug-likeness (QED) is 0.730. The van der Waals surface area contributed by atoms with Crippen LogP contribution in [0.5, 0.6) is 0 Å².